The van der Waals surface area contributed by atoms with Gasteiger partial charge in [0.05, 0.1) is 30.2 Å². The second-order valence-electron chi connectivity index (χ2n) is 6.58. The van der Waals surface area contributed by atoms with E-state index in [1.807, 2.05) is 12.3 Å². The Hall–Kier alpha value is -2.52. The maximum atomic E-state index is 13.0. The molecule has 152 valence electrons. The molecule has 3 aromatic rings. The van der Waals surface area contributed by atoms with Crippen molar-refractivity contribution in [3.8, 4) is 11.5 Å². The van der Waals surface area contributed by atoms with Crippen LogP contribution in [0.5, 0.6) is 11.5 Å². The van der Waals surface area contributed by atoms with Crippen LogP contribution in [0.3, 0.4) is 0 Å². The van der Waals surface area contributed by atoms with Crippen molar-refractivity contribution in [3.05, 3.63) is 29.1 Å². The number of hydrogen-bond donors (Lipinski definition) is 1. The average Bonchev–Trinajstić information content (AvgIpc) is 3.42. The zero-order valence-electron chi connectivity index (χ0n) is 16.5. The number of thiophene rings is 1. The van der Waals surface area contributed by atoms with Crippen LogP contribution in [0.2, 0.25) is 0 Å². The summed E-state index contributed by atoms with van der Waals surface area (Å²) in [5.74, 6) is 1.93. The lowest BCUT2D eigenvalue weighted by molar-refractivity contribution is 0.103. The molecule has 7 nitrogen and oxygen atoms in total. The van der Waals surface area contributed by atoms with Crippen molar-refractivity contribution in [1.29, 1.82) is 0 Å². The van der Waals surface area contributed by atoms with Crippen molar-refractivity contribution in [1.82, 2.24) is 9.97 Å². The van der Waals surface area contributed by atoms with E-state index in [9.17, 15) is 4.79 Å². The van der Waals surface area contributed by atoms with Gasteiger partial charge in [0, 0.05) is 19.2 Å². The lowest BCUT2D eigenvalue weighted by Gasteiger charge is -2.17. The topological polar surface area (TPSA) is 76.6 Å². The largest absolute Gasteiger partial charge is 0.497 e. The van der Waals surface area contributed by atoms with Crippen LogP contribution in [0.4, 0.5) is 11.5 Å². The first kappa shape index (κ1) is 19.8. The number of aromatic nitrogens is 2. The van der Waals surface area contributed by atoms with E-state index in [1.54, 1.807) is 32.4 Å². The summed E-state index contributed by atoms with van der Waals surface area (Å²) in [4.78, 5) is 26.0. The number of benzene rings is 1. The molecule has 29 heavy (non-hydrogen) atoms. The first-order valence-corrected chi connectivity index (χ1v) is 11.3. The first-order valence-electron chi connectivity index (χ1n) is 9.27. The standard InChI is InChI=1S/C20H22N4O3S2/c1-26-12-6-7-15(27-2)14(10-12)21-18(25)16-11-13-17(24-8-4-5-9-24)22-20(28-3)23-19(13)29-16/h6-7,10-11H,4-5,8-9H2,1-3H3,(H,21,25). The molecule has 0 radical (unpaired) electrons. The Morgan fingerprint density at radius 2 is 1.97 bits per heavy atom. The van der Waals surface area contributed by atoms with E-state index in [-0.39, 0.29) is 5.91 Å². The summed E-state index contributed by atoms with van der Waals surface area (Å²) in [6, 6.07) is 7.18. The van der Waals surface area contributed by atoms with Crippen LogP contribution < -0.4 is 19.7 Å². The van der Waals surface area contributed by atoms with E-state index < -0.39 is 0 Å². The minimum Gasteiger partial charge on any atom is -0.497 e. The summed E-state index contributed by atoms with van der Waals surface area (Å²) in [7, 11) is 3.15. The van der Waals surface area contributed by atoms with Gasteiger partial charge in [0.15, 0.2) is 5.16 Å². The number of fused-ring (bicyclic) bond motifs is 1. The fourth-order valence-electron chi connectivity index (χ4n) is 3.36. The molecule has 0 bridgehead atoms. The summed E-state index contributed by atoms with van der Waals surface area (Å²) in [5, 5.41) is 4.58. The molecule has 1 aliphatic rings. The predicted octanol–water partition coefficient (Wildman–Crippen LogP) is 4.28. The third-order valence-corrected chi connectivity index (χ3v) is 6.39. The van der Waals surface area contributed by atoms with Gasteiger partial charge in [-0.2, -0.15) is 0 Å². The Morgan fingerprint density at radius 3 is 2.66 bits per heavy atom. The van der Waals surface area contributed by atoms with Gasteiger partial charge in [-0.05, 0) is 37.3 Å². The highest BCUT2D eigenvalue weighted by molar-refractivity contribution is 7.98. The van der Waals surface area contributed by atoms with Gasteiger partial charge < -0.3 is 19.7 Å². The highest BCUT2D eigenvalue weighted by Crippen LogP contribution is 2.35. The van der Waals surface area contributed by atoms with E-state index in [0.29, 0.717) is 22.1 Å². The van der Waals surface area contributed by atoms with Crippen LogP contribution in [0.1, 0.15) is 22.5 Å². The van der Waals surface area contributed by atoms with Gasteiger partial charge in [0.1, 0.15) is 22.1 Å². The molecule has 0 unspecified atom stereocenters. The summed E-state index contributed by atoms with van der Waals surface area (Å²) in [5.41, 5.74) is 0.560. The van der Waals surface area contributed by atoms with Crippen LogP contribution in [-0.2, 0) is 0 Å². The van der Waals surface area contributed by atoms with Gasteiger partial charge in [-0.1, -0.05) is 11.8 Å². The SMILES string of the molecule is COc1ccc(OC)c(NC(=O)c2cc3c(N4CCCC4)nc(SC)nc3s2)c1. The van der Waals surface area contributed by atoms with Crippen LogP contribution in [0.15, 0.2) is 29.4 Å². The molecule has 1 saturated heterocycles. The minimum atomic E-state index is -0.211. The van der Waals surface area contributed by atoms with Gasteiger partial charge in [-0.15, -0.1) is 11.3 Å². The van der Waals surface area contributed by atoms with Crippen molar-refractivity contribution in [2.45, 2.75) is 18.0 Å². The van der Waals surface area contributed by atoms with E-state index in [1.165, 1.54) is 23.1 Å². The second-order valence-corrected chi connectivity index (χ2v) is 8.38. The third kappa shape index (κ3) is 3.97. The lowest BCUT2D eigenvalue weighted by Crippen LogP contribution is -2.19. The first-order chi connectivity index (χ1) is 14.1. The highest BCUT2D eigenvalue weighted by atomic mass is 32.2. The number of hydrogen-bond acceptors (Lipinski definition) is 8. The minimum absolute atomic E-state index is 0.211. The van der Waals surface area contributed by atoms with E-state index in [0.717, 1.165) is 47.1 Å². The second kappa shape index (κ2) is 8.46. The summed E-state index contributed by atoms with van der Waals surface area (Å²) in [6.07, 6.45) is 4.28. The number of carbonyl (C=O) groups is 1. The highest BCUT2D eigenvalue weighted by Gasteiger charge is 2.22. The quantitative estimate of drug-likeness (QED) is 0.462. The van der Waals surface area contributed by atoms with Crippen molar-refractivity contribution in [2.24, 2.45) is 0 Å². The Balaban J connectivity index is 1.69. The molecule has 2 aromatic heterocycles. The smallest absolute Gasteiger partial charge is 0.265 e. The number of rotatable bonds is 6. The number of nitrogens with zero attached hydrogens (tertiary/aromatic N) is 3. The normalized spacial score (nSPS) is 13.7. The number of anilines is 2. The Labute approximate surface area is 177 Å². The molecule has 1 amide bonds. The maximum Gasteiger partial charge on any atom is 0.265 e. The molecule has 4 rings (SSSR count). The number of amides is 1. The Morgan fingerprint density at radius 1 is 1.17 bits per heavy atom. The zero-order valence-corrected chi connectivity index (χ0v) is 18.2. The molecule has 1 fully saturated rings. The monoisotopic (exact) mass is 430 g/mol. The van der Waals surface area contributed by atoms with Crippen molar-refractivity contribution in [2.75, 3.05) is 43.8 Å². The third-order valence-electron chi connectivity index (χ3n) is 4.82. The maximum absolute atomic E-state index is 13.0. The zero-order chi connectivity index (χ0) is 20.4. The molecular weight excluding hydrogens is 408 g/mol. The molecule has 0 atom stereocenters. The van der Waals surface area contributed by atoms with E-state index in [4.69, 9.17) is 14.5 Å². The fraction of sp³-hybridized carbons (Fsp3) is 0.350. The number of nitrogens with one attached hydrogen (secondary N) is 1. The van der Waals surface area contributed by atoms with Gasteiger partial charge in [-0.3, -0.25) is 4.79 Å². The molecule has 3 heterocycles. The molecule has 9 heteroatoms. The molecule has 1 aromatic carbocycles. The Bertz CT molecular complexity index is 1050. The van der Waals surface area contributed by atoms with Crippen molar-refractivity contribution >= 4 is 50.7 Å². The van der Waals surface area contributed by atoms with Crippen molar-refractivity contribution < 1.29 is 14.3 Å². The van der Waals surface area contributed by atoms with Crippen molar-refractivity contribution in [3.63, 3.8) is 0 Å². The molecular formula is C20H22N4O3S2. The Kier molecular flexibility index (Phi) is 5.77. The summed E-state index contributed by atoms with van der Waals surface area (Å²) < 4.78 is 10.6. The molecule has 0 saturated carbocycles. The molecule has 0 spiro atoms. The van der Waals surface area contributed by atoms with Crippen LogP contribution in [0.25, 0.3) is 10.2 Å². The summed E-state index contributed by atoms with van der Waals surface area (Å²) >= 11 is 2.89. The fourth-order valence-corrected chi connectivity index (χ4v) is 4.70. The summed E-state index contributed by atoms with van der Waals surface area (Å²) in [6.45, 7) is 1.97. The predicted molar refractivity (Wildman–Crippen MR) is 118 cm³/mol. The van der Waals surface area contributed by atoms with Gasteiger partial charge in [0.2, 0.25) is 0 Å². The van der Waals surface area contributed by atoms with Crippen LogP contribution >= 0.6 is 23.1 Å². The van der Waals surface area contributed by atoms with Gasteiger partial charge in [0.25, 0.3) is 5.91 Å². The lowest BCUT2D eigenvalue weighted by atomic mass is 10.2. The van der Waals surface area contributed by atoms with Crippen LogP contribution in [-0.4, -0.2) is 49.4 Å². The molecule has 1 N–H and O–H groups in total. The average molecular weight is 431 g/mol. The van der Waals surface area contributed by atoms with Gasteiger partial charge in [-0.25, -0.2) is 9.97 Å². The van der Waals surface area contributed by atoms with E-state index in [2.05, 4.69) is 15.2 Å². The number of carbonyl (C=O) groups excluding carboxylic acids is 1. The van der Waals surface area contributed by atoms with Gasteiger partial charge >= 0.3 is 0 Å². The van der Waals surface area contributed by atoms with E-state index >= 15 is 0 Å². The number of thioether (sulfide) groups is 1. The molecule has 1 aliphatic heterocycles. The number of methoxy groups -OCH3 is 2. The number of ether oxygens (including phenoxy) is 2. The van der Waals surface area contributed by atoms with Crippen LogP contribution in [0, 0.1) is 0 Å². The molecule has 0 aliphatic carbocycles.